The lowest BCUT2D eigenvalue weighted by Gasteiger charge is -2.23. The Kier molecular flexibility index (Phi) is 3.30. The number of hydrogen-bond acceptors (Lipinski definition) is 4. The second kappa shape index (κ2) is 5.12. The van der Waals surface area contributed by atoms with E-state index in [0.29, 0.717) is 6.04 Å². The van der Waals surface area contributed by atoms with Crippen LogP contribution >= 0.6 is 0 Å². The van der Waals surface area contributed by atoms with Crippen LogP contribution < -0.4 is 10.6 Å². The molecule has 1 aliphatic carbocycles. The maximum atomic E-state index is 6.06. The van der Waals surface area contributed by atoms with Gasteiger partial charge in [0.05, 0.1) is 0 Å². The summed E-state index contributed by atoms with van der Waals surface area (Å²) in [7, 11) is 0. The summed E-state index contributed by atoms with van der Waals surface area (Å²) < 4.78 is 0. The maximum Gasteiger partial charge on any atom is 0.226 e. The Labute approximate surface area is 119 Å². The van der Waals surface area contributed by atoms with E-state index in [0.717, 1.165) is 35.1 Å². The van der Waals surface area contributed by atoms with E-state index in [4.69, 9.17) is 5.73 Å². The van der Waals surface area contributed by atoms with Crippen LogP contribution in [0.4, 0.5) is 11.6 Å². The zero-order valence-electron chi connectivity index (χ0n) is 12.0. The number of nitrogen functional groups attached to an aromatic ring is 1. The lowest BCUT2D eigenvalue weighted by molar-refractivity contribution is 0.753. The van der Waals surface area contributed by atoms with Gasteiger partial charge in [0.2, 0.25) is 5.95 Å². The molecule has 0 bridgehead atoms. The molecule has 1 aromatic carbocycles. The molecule has 0 spiro atoms. The van der Waals surface area contributed by atoms with E-state index in [1.807, 2.05) is 38.1 Å². The van der Waals surface area contributed by atoms with Gasteiger partial charge in [-0.15, -0.1) is 0 Å². The van der Waals surface area contributed by atoms with Crippen molar-refractivity contribution in [1.82, 2.24) is 9.97 Å². The Hall–Kier alpha value is -2.10. The highest BCUT2D eigenvalue weighted by Gasteiger charge is 2.31. The van der Waals surface area contributed by atoms with Gasteiger partial charge in [-0.05, 0) is 44.4 Å². The van der Waals surface area contributed by atoms with Gasteiger partial charge in [-0.3, -0.25) is 0 Å². The summed E-state index contributed by atoms with van der Waals surface area (Å²) in [4.78, 5) is 11.5. The summed E-state index contributed by atoms with van der Waals surface area (Å²) in [5.74, 6) is 0.827. The van der Waals surface area contributed by atoms with Crippen LogP contribution in [-0.2, 0) is 6.54 Å². The van der Waals surface area contributed by atoms with E-state index < -0.39 is 0 Å². The lowest BCUT2D eigenvalue weighted by atomic mass is 10.1. The molecule has 104 valence electrons. The number of benzene rings is 1. The first-order valence-corrected chi connectivity index (χ1v) is 7.06. The number of rotatable bonds is 4. The third kappa shape index (κ3) is 2.74. The number of hydrogen-bond donors (Lipinski definition) is 1. The molecule has 1 saturated carbocycles. The second-order valence-electron chi connectivity index (χ2n) is 5.51. The van der Waals surface area contributed by atoms with E-state index >= 15 is 0 Å². The quantitative estimate of drug-likeness (QED) is 0.866. The average Bonchev–Trinajstić information content (AvgIpc) is 3.21. The van der Waals surface area contributed by atoms with Crippen LogP contribution in [-0.4, -0.2) is 16.0 Å². The van der Waals surface area contributed by atoms with Crippen LogP contribution in [0.3, 0.4) is 0 Å². The van der Waals surface area contributed by atoms with Crippen LogP contribution in [0, 0.1) is 13.8 Å². The van der Waals surface area contributed by atoms with Crippen molar-refractivity contribution in [2.24, 2.45) is 0 Å². The van der Waals surface area contributed by atoms with Crippen LogP contribution in [0.25, 0.3) is 0 Å². The Morgan fingerprint density at radius 1 is 1.15 bits per heavy atom. The van der Waals surface area contributed by atoms with E-state index in [-0.39, 0.29) is 0 Å². The molecular formula is C16H20N4. The maximum absolute atomic E-state index is 6.06. The highest BCUT2D eigenvalue weighted by atomic mass is 15.3. The standard InChI is InChI=1S/C16H20N4/c1-11-9-12(2)19-16(18-11)20(14-7-8-14)10-13-5-3-4-6-15(13)17/h3-6,9,14H,7-8,10,17H2,1-2H3. The normalized spacial score (nSPS) is 14.3. The topological polar surface area (TPSA) is 55.0 Å². The van der Waals surface area contributed by atoms with Crippen molar-refractivity contribution in [3.8, 4) is 0 Å². The van der Waals surface area contributed by atoms with Gasteiger partial charge in [0.15, 0.2) is 0 Å². The highest BCUT2D eigenvalue weighted by molar-refractivity contribution is 5.49. The van der Waals surface area contributed by atoms with E-state index in [1.54, 1.807) is 0 Å². The zero-order chi connectivity index (χ0) is 14.1. The van der Waals surface area contributed by atoms with Crippen molar-refractivity contribution in [2.45, 2.75) is 39.3 Å². The minimum Gasteiger partial charge on any atom is -0.398 e. The molecule has 0 aliphatic heterocycles. The van der Waals surface area contributed by atoms with E-state index in [9.17, 15) is 0 Å². The van der Waals surface area contributed by atoms with Crippen LogP contribution in [0.5, 0.6) is 0 Å². The number of para-hydroxylation sites is 1. The highest BCUT2D eigenvalue weighted by Crippen LogP contribution is 2.32. The number of aromatic nitrogens is 2. The molecule has 2 N–H and O–H groups in total. The first-order valence-electron chi connectivity index (χ1n) is 7.06. The summed E-state index contributed by atoms with van der Waals surface area (Å²) in [6.45, 7) is 4.81. The first-order chi connectivity index (χ1) is 9.63. The monoisotopic (exact) mass is 268 g/mol. The van der Waals surface area contributed by atoms with Crippen LogP contribution in [0.2, 0.25) is 0 Å². The fraction of sp³-hybridized carbons (Fsp3) is 0.375. The van der Waals surface area contributed by atoms with Gasteiger partial charge in [0.25, 0.3) is 0 Å². The molecular weight excluding hydrogens is 248 g/mol. The van der Waals surface area contributed by atoms with Gasteiger partial charge in [-0.2, -0.15) is 0 Å². The molecule has 4 heteroatoms. The van der Waals surface area contributed by atoms with Crippen molar-refractivity contribution < 1.29 is 0 Å². The van der Waals surface area contributed by atoms with Crippen molar-refractivity contribution in [1.29, 1.82) is 0 Å². The van der Waals surface area contributed by atoms with Gasteiger partial charge in [-0.25, -0.2) is 9.97 Å². The molecule has 3 rings (SSSR count). The number of nitrogens with zero attached hydrogens (tertiary/aromatic N) is 3. The molecule has 0 saturated heterocycles. The fourth-order valence-corrected chi connectivity index (χ4v) is 2.45. The molecule has 1 aromatic heterocycles. The van der Waals surface area contributed by atoms with E-state index in [2.05, 4.69) is 20.9 Å². The first kappa shape index (κ1) is 12.9. The molecule has 0 atom stereocenters. The summed E-state index contributed by atoms with van der Waals surface area (Å²) in [5, 5.41) is 0. The number of nitrogens with two attached hydrogens (primary N) is 1. The minimum absolute atomic E-state index is 0.552. The summed E-state index contributed by atoms with van der Waals surface area (Å²) >= 11 is 0. The molecule has 0 radical (unpaired) electrons. The molecule has 4 nitrogen and oxygen atoms in total. The predicted molar refractivity (Wildman–Crippen MR) is 81.6 cm³/mol. The van der Waals surface area contributed by atoms with Crippen molar-refractivity contribution in [2.75, 3.05) is 10.6 Å². The third-order valence-corrected chi connectivity index (χ3v) is 3.61. The SMILES string of the molecule is Cc1cc(C)nc(N(Cc2ccccc2N)C2CC2)n1. The average molecular weight is 268 g/mol. The molecule has 1 heterocycles. The smallest absolute Gasteiger partial charge is 0.226 e. The van der Waals surface area contributed by atoms with Crippen molar-refractivity contribution >= 4 is 11.6 Å². The fourth-order valence-electron chi connectivity index (χ4n) is 2.45. The van der Waals surface area contributed by atoms with Gasteiger partial charge in [-0.1, -0.05) is 18.2 Å². The Morgan fingerprint density at radius 2 is 1.80 bits per heavy atom. The van der Waals surface area contributed by atoms with Gasteiger partial charge >= 0.3 is 0 Å². The summed E-state index contributed by atoms with van der Waals surface area (Å²) in [6.07, 6.45) is 2.42. The zero-order valence-corrected chi connectivity index (χ0v) is 12.0. The molecule has 2 aromatic rings. The Balaban J connectivity index is 1.91. The molecule has 1 aliphatic rings. The predicted octanol–water partition coefficient (Wildman–Crippen LogP) is 2.84. The van der Waals surface area contributed by atoms with Crippen LogP contribution in [0.1, 0.15) is 29.8 Å². The third-order valence-electron chi connectivity index (χ3n) is 3.61. The molecule has 1 fully saturated rings. The van der Waals surface area contributed by atoms with Gasteiger partial charge in [0, 0.05) is 29.7 Å². The van der Waals surface area contributed by atoms with Crippen molar-refractivity contribution in [3.05, 3.63) is 47.3 Å². The number of anilines is 2. The molecule has 0 unspecified atom stereocenters. The van der Waals surface area contributed by atoms with Gasteiger partial charge in [0.1, 0.15) is 0 Å². The largest absolute Gasteiger partial charge is 0.398 e. The van der Waals surface area contributed by atoms with E-state index in [1.165, 1.54) is 12.8 Å². The van der Waals surface area contributed by atoms with Crippen LogP contribution in [0.15, 0.2) is 30.3 Å². The Morgan fingerprint density at radius 3 is 2.40 bits per heavy atom. The minimum atomic E-state index is 0.552. The Bertz CT molecular complexity index is 599. The lowest BCUT2D eigenvalue weighted by Crippen LogP contribution is -2.27. The summed E-state index contributed by atoms with van der Waals surface area (Å²) in [5.41, 5.74) is 10.1. The number of aryl methyl sites for hydroxylation is 2. The summed E-state index contributed by atoms with van der Waals surface area (Å²) in [6, 6.07) is 10.6. The van der Waals surface area contributed by atoms with Crippen molar-refractivity contribution in [3.63, 3.8) is 0 Å². The van der Waals surface area contributed by atoms with Gasteiger partial charge < -0.3 is 10.6 Å². The molecule has 0 amide bonds. The molecule has 20 heavy (non-hydrogen) atoms. The second-order valence-corrected chi connectivity index (χ2v) is 5.51.